The third-order valence-electron chi connectivity index (χ3n) is 4.45. The molecule has 1 aromatic heterocycles. The molecule has 2 aromatic rings. The monoisotopic (exact) mass is 323 g/mol. The van der Waals surface area contributed by atoms with Gasteiger partial charge in [0, 0.05) is 55.1 Å². The molecular weight excluding hydrogens is 302 g/mol. The molecule has 4 rings (SSSR count). The maximum Gasteiger partial charge on any atom is 0.213 e. The van der Waals surface area contributed by atoms with Crippen molar-refractivity contribution in [2.24, 2.45) is 0 Å². The number of hydrogen-bond acceptors (Lipinski definition) is 5. The van der Waals surface area contributed by atoms with Gasteiger partial charge in [-0.2, -0.15) is 0 Å². The summed E-state index contributed by atoms with van der Waals surface area (Å²) >= 11 is 0. The molecule has 0 amide bonds. The summed E-state index contributed by atoms with van der Waals surface area (Å²) in [7, 11) is 1.63. The summed E-state index contributed by atoms with van der Waals surface area (Å²) in [6, 6.07) is 12.2. The minimum Gasteiger partial charge on any atom is -0.488 e. The molecule has 0 saturated carbocycles. The van der Waals surface area contributed by atoms with Crippen LogP contribution in [0.1, 0.15) is 11.3 Å². The summed E-state index contributed by atoms with van der Waals surface area (Å²) in [5.41, 5.74) is 4.29. The molecule has 0 spiro atoms. The zero-order valence-corrected chi connectivity index (χ0v) is 13.8. The second-order valence-electron chi connectivity index (χ2n) is 5.98. The van der Waals surface area contributed by atoms with E-state index in [1.54, 1.807) is 7.11 Å². The number of nitrogens with zero attached hydrogens (tertiary/aromatic N) is 2. The highest BCUT2D eigenvalue weighted by Crippen LogP contribution is 2.33. The van der Waals surface area contributed by atoms with Crippen molar-refractivity contribution >= 4 is 17.3 Å². The van der Waals surface area contributed by atoms with Gasteiger partial charge in [-0.05, 0) is 24.3 Å². The third-order valence-corrected chi connectivity index (χ3v) is 4.45. The molecule has 2 aliphatic heterocycles. The number of rotatable bonds is 3. The summed E-state index contributed by atoms with van der Waals surface area (Å²) in [5, 5.41) is 3.38. The van der Waals surface area contributed by atoms with Gasteiger partial charge in [-0.25, -0.2) is 4.98 Å². The van der Waals surface area contributed by atoms with Crippen molar-refractivity contribution in [2.45, 2.75) is 0 Å². The van der Waals surface area contributed by atoms with Crippen molar-refractivity contribution in [1.82, 2.24) is 10.3 Å². The van der Waals surface area contributed by atoms with E-state index in [0.29, 0.717) is 12.5 Å². The van der Waals surface area contributed by atoms with Gasteiger partial charge in [0.25, 0.3) is 0 Å². The van der Waals surface area contributed by atoms with Crippen molar-refractivity contribution < 1.29 is 9.47 Å². The molecule has 5 nitrogen and oxygen atoms in total. The van der Waals surface area contributed by atoms with Crippen LogP contribution in [-0.4, -0.2) is 44.9 Å². The number of aromatic nitrogens is 1. The van der Waals surface area contributed by atoms with Gasteiger partial charge in [-0.15, -0.1) is 0 Å². The predicted molar refractivity (Wildman–Crippen MR) is 95.7 cm³/mol. The van der Waals surface area contributed by atoms with Crippen LogP contribution in [0.3, 0.4) is 0 Å². The molecule has 0 aliphatic carbocycles. The summed E-state index contributed by atoms with van der Waals surface area (Å²) < 4.78 is 11.2. The maximum atomic E-state index is 6.00. The molecule has 3 heterocycles. The zero-order chi connectivity index (χ0) is 16.4. The van der Waals surface area contributed by atoms with Crippen molar-refractivity contribution in [3.05, 3.63) is 47.7 Å². The van der Waals surface area contributed by atoms with Gasteiger partial charge in [0.2, 0.25) is 5.88 Å². The van der Waals surface area contributed by atoms with E-state index in [0.717, 1.165) is 48.8 Å². The second-order valence-corrected chi connectivity index (χ2v) is 5.98. The molecule has 1 N–H and O–H groups in total. The van der Waals surface area contributed by atoms with Crippen molar-refractivity contribution in [1.29, 1.82) is 0 Å². The maximum absolute atomic E-state index is 6.00. The number of pyridine rings is 1. The average Bonchev–Trinajstić information content (AvgIpc) is 2.68. The first-order chi connectivity index (χ1) is 11.8. The molecule has 0 atom stereocenters. The first-order valence-corrected chi connectivity index (χ1v) is 8.28. The number of benzene rings is 1. The number of fused-ring (bicyclic) bond motifs is 1. The van der Waals surface area contributed by atoms with Gasteiger partial charge in [0.05, 0.1) is 12.8 Å². The minimum atomic E-state index is 0.526. The highest BCUT2D eigenvalue weighted by Gasteiger charge is 2.17. The van der Waals surface area contributed by atoms with Gasteiger partial charge >= 0.3 is 0 Å². The molecule has 5 heteroatoms. The third kappa shape index (κ3) is 2.95. The Kier molecular flexibility index (Phi) is 4.09. The Morgan fingerprint density at radius 1 is 1.17 bits per heavy atom. The molecule has 0 radical (unpaired) electrons. The largest absolute Gasteiger partial charge is 0.488 e. The Morgan fingerprint density at radius 3 is 2.88 bits per heavy atom. The van der Waals surface area contributed by atoms with Gasteiger partial charge in [0.15, 0.2) is 0 Å². The topological polar surface area (TPSA) is 46.6 Å². The lowest BCUT2D eigenvalue weighted by molar-refractivity contribution is 0.364. The van der Waals surface area contributed by atoms with Crippen LogP contribution in [0.15, 0.2) is 36.4 Å². The Labute approximate surface area is 141 Å². The molecule has 0 bridgehead atoms. The lowest BCUT2D eigenvalue weighted by Crippen LogP contribution is -2.43. The summed E-state index contributed by atoms with van der Waals surface area (Å²) in [5.74, 6) is 1.56. The van der Waals surface area contributed by atoms with Gasteiger partial charge in [0.1, 0.15) is 12.4 Å². The number of nitrogens with one attached hydrogen (secondary N) is 1. The van der Waals surface area contributed by atoms with E-state index in [-0.39, 0.29) is 0 Å². The summed E-state index contributed by atoms with van der Waals surface area (Å²) in [6.07, 6.45) is 2.15. The van der Waals surface area contributed by atoms with E-state index >= 15 is 0 Å². The van der Waals surface area contributed by atoms with E-state index in [2.05, 4.69) is 39.5 Å². The van der Waals surface area contributed by atoms with Crippen LogP contribution in [0.5, 0.6) is 11.6 Å². The number of piperazine rings is 1. The lowest BCUT2D eigenvalue weighted by Gasteiger charge is -2.30. The molecule has 0 unspecified atom stereocenters. The fourth-order valence-electron chi connectivity index (χ4n) is 3.13. The summed E-state index contributed by atoms with van der Waals surface area (Å²) in [6.45, 7) is 4.66. The Morgan fingerprint density at radius 2 is 2.04 bits per heavy atom. The summed E-state index contributed by atoms with van der Waals surface area (Å²) in [4.78, 5) is 6.88. The van der Waals surface area contributed by atoms with E-state index in [1.165, 1.54) is 5.69 Å². The number of ether oxygens (including phenoxy) is 2. The molecule has 24 heavy (non-hydrogen) atoms. The fourth-order valence-corrected chi connectivity index (χ4v) is 3.13. The molecule has 124 valence electrons. The van der Waals surface area contributed by atoms with Crippen LogP contribution in [0.25, 0.3) is 11.6 Å². The highest BCUT2D eigenvalue weighted by atomic mass is 16.5. The quantitative estimate of drug-likeness (QED) is 0.940. The van der Waals surface area contributed by atoms with Crippen LogP contribution >= 0.6 is 0 Å². The van der Waals surface area contributed by atoms with Gasteiger partial charge < -0.3 is 19.7 Å². The molecule has 2 aliphatic rings. The van der Waals surface area contributed by atoms with Crippen molar-refractivity contribution in [2.75, 3.05) is 44.8 Å². The van der Waals surface area contributed by atoms with Gasteiger partial charge in [-0.1, -0.05) is 6.07 Å². The Balaban J connectivity index is 1.61. The number of methoxy groups -OCH3 is 1. The van der Waals surface area contributed by atoms with Crippen LogP contribution in [-0.2, 0) is 0 Å². The molecular formula is C19H21N3O2. The van der Waals surface area contributed by atoms with E-state index < -0.39 is 0 Å². The first kappa shape index (κ1) is 15.0. The van der Waals surface area contributed by atoms with Crippen LogP contribution in [0.4, 0.5) is 5.69 Å². The second kappa shape index (κ2) is 6.53. The van der Waals surface area contributed by atoms with Crippen molar-refractivity contribution in [3.63, 3.8) is 0 Å². The van der Waals surface area contributed by atoms with Crippen molar-refractivity contribution in [3.8, 4) is 11.6 Å². The van der Waals surface area contributed by atoms with Gasteiger partial charge in [-0.3, -0.25) is 0 Å². The van der Waals surface area contributed by atoms with Crippen LogP contribution < -0.4 is 19.7 Å². The highest BCUT2D eigenvalue weighted by molar-refractivity contribution is 5.85. The SMILES string of the molecule is COc1cccc(C2=Cc3ccc(N4CCNCC4)cc3OC2)n1. The Bertz CT molecular complexity index is 767. The Hall–Kier alpha value is -2.53. The van der Waals surface area contributed by atoms with Crippen LogP contribution in [0, 0.1) is 0 Å². The lowest BCUT2D eigenvalue weighted by atomic mass is 10.0. The number of hydrogen-bond donors (Lipinski definition) is 1. The van der Waals surface area contributed by atoms with E-state index in [4.69, 9.17) is 9.47 Å². The molecule has 1 aromatic carbocycles. The smallest absolute Gasteiger partial charge is 0.213 e. The number of anilines is 1. The first-order valence-electron chi connectivity index (χ1n) is 8.28. The normalized spacial score (nSPS) is 16.9. The minimum absolute atomic E-state index is 0.526. The molecule has 1 saturated heterocycles. The standard InChI is InChI=1S/C19H21N3O2/c1-23-19-4-2-3-17(21-19)15-11-14-5-6-16(12-18(14)24-13-15)22-9-7-20-8-10-22/h2-6,11-12,20H,7-10,13H2,1H3. The zero-order valence-electron chi connectivity index (χ0n) is 13.8. The van der Waals surface area contributed by atoms with E-state index in [1.807, 2.05) is 18.2 Å². The van der Waals surface area contributed by atoms with E-state index in [9.17, 15) is 0 Å². The predicted octanol–water partition coefficient (Wildman–Crippen LogP) is 2.43. The average molecular weight is 323 g/mol. The van der Waals surface area contributed by atoms with Crippen LogP contribution in [0.2, 0.25) is 0 Å². The molecule has 1 fully saturated rings. The fraction of sp³-hybridized carbons (Fsp3) is 0.316.